The Kier molecular flexibility index (Phi) is 4.54. The zero-order chi connectivity index (χ0) is 18.0. The molecule has 8 heteroatoms. The molecule has 3 aromatic rings. The number of nitrogens with one attached hydrogen (secondary N) is 1. The zero-order valence-electron chi connectivity index (χ0n) is 13.0. The van der Waals surface area contributed by atoms with E-state index in [1.54, 1.807) is 0 Å². The molecule has 0 fully saturated rings. The number of benzene rings is 2. The maximum Gasteiger partial charge on any atom is 0.416 e. The van der Waals surface area contributed by atoms with Gasteiger partial charge in [0.15, 0.2) is 0 Å². The van der Waals surface area contributed by atoms with Gasteiger partial charge >= 0.3 is 6.18 Å². The van der Waals surface area contributed by atoms with Gasteiger partial charge in [-0.2, -0.15) is 13.2 Å². The molecule has 1 heterocycles. The van der Waals surface area contributed by atoms with Crippen molar-refractivity contribution in [2.24, 2.45) is 0 Å². The van der Waals surface area contributed by atoms with Crippen molar-refractivity contribution in [1.29, 1.82) is 0 Å². The number of halogens is 3. The van der Waals surface area contributed by atoms with Crippen LogP contribution in [-0.2, 0) is 6.18 Å². The van der Waals surface area contributed by atoms with Gasteiger partial charge in [-0.25, -0.2) is 0 Å². The SMILES string of the molecule is Cc1ccc(-c2nnsc2C(=O)Nc2ccc(C(F)(F)F)cc2)cc1. The number of hydrogen-bond acceptors (Lipinski definition) is 4. The summed E-state index contributed by atoms with van der Waals surface area (Å²) in [5.41, 5.74) is 1.75. The highest BCUT2D eigenvalue weighted by Gasteiger charge is 2.30. The molecular formula is C17H12F3N3OS. The number of alkyl halides is 3. The summed E-state index contributed by atoms with van der Waals surface area (Å²) in [7, 11) is 0. The molecule has 0 aliphatic heterocycles. The maximum absolute atomic E-state index is 12.6. The van der Waals surface area contributed by atoms with E-state index in [2.05, 4.69) is 14.9 Å². The largest absolute Gasteiger partial charge is 0.416 e. The summed E-state index contributed by atoms with van der Waals surface area (Å²) in [5, 5.41) is 6.55. The highest BCUT2D eigenvalue weighted by Crippen LogP contribution is 2.30. The van der Waals surface area contributed by atoms with Crippen molar-refractivity contribution in [2.75, 3.05) is 5.32 Å². The molecule has 2 aromatic carbocycles. The normalized spacial score (nSPS) is 11.4. The Morgan fingerprint density at radius 1 is 1.04 bits per heavy atom. The first-order valence-corrected chi connectivity index (χ1v) is 8.00. The molecule has 0 bridgehead atoms. The van der Waals surface area contributed by atoms with Crippen LogP contribution in [0.15, 0.2) is 48.5 Å². The van der Waals surface area contributed by atoms with Crippen LogP contribution in [0.1, 0.15) is 20.8 Å². The molecule has 0 saturated heterocycles. The Hall–Kier alpha value is -2.74. The molecule has 0 radical (unpaired) electrons. The Bertz CT molecular complexity index is 887. The lowest BCUT2D eigenvalue weighted by Crippen LogP contribution is -2.12. The lowest BCUT2D eigenvalue weighted by Gasteiger charge is -2.08. The molecule has 0 aliphatic carbocycles. The Labute approximate surface area is 145 Å². The van der Waals surface area contributed by atoms with Crippen LogP contribution in [0.4, 0.5) is 18.9 Å². The molecule has 0 unspecified atom stereocenters. The van der Waals surface area contributed by atoms with Crippen LogP contribution in [0.5, 0.6) is 0 Å². The quantitative estimate of drug-likeness (QED) is 0.728. The van der Waals surface area contributed by atoms with E-state index < -0.39 is 17.6 Å². The van der Waals surface area contributed by atoms with Crippen molar-refractivity contribution in [3.05, 3.63) is 64.5 Å². The molecule has 1 amide bonds. The second kappa shape index (κ2) is 6.64. The van der Waals surface area contributed by atoms with E-state index in [0.717, 1.165) is 34.8 Å². The zero-order valence-corrected chi connectivity index (χ0v) is 13.8. The van der Waals surface area contributed by atoms with Gasteiger partial charge in [-0.15, -0.1) is 5.10 Å². The average Bonchev–Trinajstić information content (AvgIpc) is 3.05. The first kappa shape index (κ1) is 17.1. The van der Waals surface area contributed by atoms with E-state index >= 15 is 0 Å². The number of anilines is 1. The van der Waals surface area contributed by atoms with Gasteiger partial charge in [0.05, 0.1) is 5.56 Å². The number of aryl methyl sites for hydroxylation is 1. The smallest absolute Gasteiger partial charge is 0.321 e. The minimum Gasteiger partial charge on any atom is -0.321 e. The third kappa shape index (κ3) is 3.85. The van der Waals surface area contributed by atoms with Crippen LogP contribution in [0.2, 0.25) is 0 Å². The monoisotopic (exact) mass is 363 g/mol. The molecule has 25 heavy (non-hydrogen) atoms. The van der Waals surface area contributed by atoms with Crippen molar-refractivity contribution < 1.29 is 18.0 Å². The number of carbonyl (C=O) groups is 1. The second-order valence-corrected chi connectivity index (χ2v) is 6.10. The lowest BCUT2D eigenvalue weighted by molar-refractivity contribution is -0.137. The van der Waals surface area contributed by atoms with E-state index in [1.165, 1.54) is 12.1 Å². The van der Waals surface area contributed by atoms with Gasteiger partial charge < -0.3 is 5.32 Å². The van der Waals surface area contributed by atoms with E-state index in [4.69, 9.17) is 0 Å². The Morgan fingerprint density at radius 3 is 2.28 bits per heavy atom. The highest BCUT2D eigenvalue weighted by atomic mass is 32.1. The summed E-state index contributed by atoms with van der Waals surface area (Å²) in [5.74, 6) is -0.467. The summed E-state index contributed by atoms with van der Waals surface area (Å²) in [6.07, 6.45) is -4.41. The highest BCUT2D eigenvalue weighted by molar-refractivity contribution is 7.08. The van der Waals surface area contributed by atoms with Gasteiger partial charge in [0.2, 0.25) is 0 Å². The molecule has 0 saturated carbocycles. The van der Waals surface area contributed by atoms with Crippen LogP contribution >= 0.6 is 11.5 Å². The number of carbonyl (C=O) groups excluding carboxylic acids is 1. The molecule has 0 atom stereocenters. The molecule has 1 N–H and O–H groups in total. The van der Waals surface area contributed by atoms with Gasteiger partial charge in [-0.3, -0.25) is 4.79 Å². The van der Waals surface area contributed by atoms with Gasteiger partial charge in [-0.05, 0) is 42.7 Å². The number of amides is 1. The van der Waals surface area contributed by atoms with Crippen molar-refractivity contribution in [2.45, 2.75) is 13.1 Å². The van der Waals surface area contributed by atoms with Gasteiger partial charge in [0.1, 0.15) is 10.6 Å². The topological polar surface area (TPSA) is 54.9 Å². The summed E-state index contributed by atoms with van der Waals surface area (Å²) in [6.45, 7) is 1.95. The third-order valence-corrected chi connectivity index (χ3v) is 4.21. The predicted octanol–water partition coefficient (Wildman–Crippen LogP) is 4.78. The van der Waals surface area contributed by atoms with Crippen LogP contribution < -0.4 is 5.32 Å². The van der Waals surface area contributed by atoms with Gasteiger partial charge in [0.25, 0.3) is 5.91 Å². The number of hydrogen-bond donors (Lipinski definition) is 1. The third-order valence-electron chi connectivity index (χ3n) is 3.49. The van der Waals surface area contributed by atoms with Crippen molar-refractivity contribution in [3.63, 3.8) is 0 Å². The minimum absolute atomic E-state index is 0.265. The van der Waals surface area contributed by atoms with Crippen LogP contribution in [-0.4, -0.2) is 15.5 Å². The molecule has 128 valence electrons. The first-order valence-electron chi connectivity index (χ1n) is 7.22. The van der Waals surface area contributed by atoms with Crippen molar-refractivity contribution in [1.82, 2.24) is 9.59 Å². The predicted molar refractivity (Wildman–Crippen MR) is 89.5 cm³/mol. The van der Waals surface area contributed by atoms with Gasteiger partial charge in [-0.1, -0.05) is 34.3 Å². The first-order chi connectivity index (χ1) is 11.8. The summed E-state index contributed by atoms with van der Waals surface area (Å²) in [6, 6.07) is 11.7. The van der Waals surface area contributed by atoms with E-state index in [9.17, 15) is 18.0 Å². The molecule has 4 nitrogen and oxygen atoms in total. The number of rotatable bonds is 3. The van der Waals surface area contributed by atoms with Crippen LogP contribution in [0.25, 0.3) is 11.3 Å². The molecule has 3 rings (SSSR count). The number of aromatic nitrogens is 2. The molecule has 0 spiro atoms. The van der Waals surface area contributed by atoms with Crippen molar-refractivity contribution in [3.8, 4) is 11.3 Å². The lowest BCUT2D eigenvalue weighted by atomic mass is 10.1. The fraction of sp³-hybridized carbons (Fsp3) is 0.118. The number of nitrogens with zero attached hydrogens (tertiary/aromatic N) is 2. The maximum atomic E-state index is 12.6. The summed E-state index contributed by atoms with van der Waals surface area (Å²) in [4.78, 5) is 12.7. The molecule has 0 aliphatic rings. The van der Waals surface area contributed by atoms with E-state index in [0.29, 0.717) is 10.6 Å². The Balaban J connectivity index is 1.81. The Morgan fingerprint density at radius 2 is 1.68 bits per heavy atom. The average molecular weight is 363 g/mol. The molecule has 1 aromatic heterocycles. The van der Waals surface area contributed by atoms with E-state index in [-0.39, 0.29) is 5.69 Å². The van der Waals surface area contributed by atoms with Gasteiger partial charge in [0, 0.05) is 11.3 Å². The van der Waals surface area contributed by atoms with Crippen LogP contribution in [0.3, 0.4) is 0 Å². The summed E-state index contributed by atoms with van der Waals surface area (Å²) < 4.78 is 41.5. The van der Waals surface area contributed by atoms with Crippen LogP contribution in [0, 0.1) is 6.92 Å². The minimum atomic E-state index is -4.41. The fourth-order valence-electron chi connectivity index (χ4n) is 2.17. The standard InChI is InChI=1S/C17H12F3N3OS/c1-10-2-4-11(5-3-10)14-15(25-23-22-14)16(24)21-13-8-6-12(7-9-13)17(18,19)20/h2-9H,1H3,(H,21,24). The van der Waals surface area contributed by atoms with Crippen molar-refractivity contribution >= 4 is 23.1 Å². The fourth-order valence-corrected chi connectivity index (χ4v) is 2.75. The molecular weight excluding hydrogens is 351 g/mol. The second-order valence-electron chi connectivity index (χ2n) is 5.35. The van der Waals surface area contributed by atoms with E-state index in [1.807, 2.05) is 31.2 Å². The summed E-state index contributed by atoms with van der Waals surface area (Å²) >= 11 is 0.930.